The second-order valence-corrected chi connectivity index (χ2v) is 7.97. The first-order chi connectivity index (χ1) is 9.40. The Morgan fingerprint density at radius 2 is 2.10 bits per heavy atom. The molecule has 0 aliphatic carbocycles. The number of halogens is 1. The third kappa shape index (κ3) is 5.37. The van der Waals surface area contributed by atoms with E-state index in [0.717, 1.165) is 24.4 Å². The highest BCUT2D eigenvalue weighted by Crippen LogP contribution is 2.23. The van der Waals surface area contributed by atoms with Gasteiger partial charge in [0, 0.05) is 22.8 Å². The summed E-state index contributed by atoms with van der Waals surface area (Å²) in [5.74, 6) is 0.745. The maximum absolute atomic E-state index is 12.3. The van der Waals surface area contributed by atoms with E-state index in [9.17, 15) is 8.42 Å². The summed E-state index contributed by atoms with van der Waals surface area (Å²) in [5.41, 5.74) is 1.05. The van der Waals surface area contributed by atoms with Gasteiger partial charge in [-0.25, -0.2) is 13.1 Å². The molecule has 1 atom stereocenters. The fourth-order valence-corrected chi connectivity index (χ4v) is 4.81. The van der Waals surface area contributed by atoms with Crippen molar-refractivity contribution in [1.29, 1.82) is 0 Å². The summed E-state index contributed by atoms with van der Waals surface area (Å²) in [6.45, 7) is 5.50. The predicted octanol–water partition coefficient (Wildman–Crippen LogP) is 2.59. The minimum Gasteiger partial charge on any atom is -0.313 e. The van der Waals surface area contributed by atoms with Crippen LogP contribution in [0.4, 0.5) is 0 Å². The van der Waals surface area contributed by atoms with Crippen LogP contribution >= 0.6 is 27.7 Å². The van der Waals surface area contributed by atoms with Gasteiger partial charge in [0.15, 0.2) is 0 Å². The lowest BCUT2D eigenvalue weighted by Crippen LogP contribution is -2.34. The Bertz CT molecular complexity index is 535. The monoisotopic (exact) mass is 380 g/mol. The van der Waals surface area contributed by atoms with Crippen LogP contribution < -0.4 is 10.0 Å². The molecule has 0 aliphatic rings. The molecule has 0 saturated carbocycles. The lowest BCUT2D eigenvalue weighted by molar-refractivity contribution is 0.570. The van der Waals surface area contributed by atoms with E-state index < -0.39 is 10.0 Å². The molecule has 0 amide bonds. The summed E-state index contributed by atoms with van der Waals surface area (Å²) < 4.78 is 27.9. The zero-order chi connectivity index (χ0) is 15.2. The molecule has 0 fully saturated rings. The normalized spacial score (nSPS) is 13.4. The number of nitrogens with one attached hydrogen (secondary N) is 2. The first-order valence-electron chi connectivity index (χ1n) is 6.41. The Balaban J connectivity index is 2.90. The van der Waals surface area contributed by atoms with Crippen LogP contribution in [0.3, 0.4) is 0 Å². The Kier molecular flexibility index (Phi) is 7.53. The van der Waals surface area contributed by atoms with Crippen LogP contribution in [0.5, 0.6) is 0 Å². The molecule has 1 unspecified atom stereocenters. The summed E-state index contributed by atoms with van der Waals surface area (Å²) in [5, 5.41) is 3.21. The predicted molar refractivity (Wildman–Crippen MR) is 89.7 cm³/mol. The van der Waals surface area contributed by atoms with Crippen molar-refractivity contribution in [2.75, 3.05) is 18.6 Å². The van der Waals surface area contributed by atoms with Gasteiger partial charge in [-0.05, 0) is 53.4 Å². The highest BCUT2D eigenvalue weighted by Gasteiger charge is 2.20. The van der Waals surface area contributed by atoms with Crippen LogP contribution in [0.2, 0.25) is 0 Å². The lowest BCUT2D eigenvalue weighted by atomic mass is 10.2. The van der Waals surface area contributed by atoms with Crippen LogP contribution in [-0.2, 0) is 16.6 Å². The molecule has 1 rings (SSSR count). The SMILES string of the molecule is CCNCc1ccc(S(=O)(=O)NC(C)CSC)c(Br)c1. The Morgan fingerprint density at radius 3 is 2.65 bits per heavy atom. The molecule has 20 heavy (non-hydrogen) atoms. The van der Waals surface area contributed by atoms with Crippen molar-refractivity contribution in [2.24, 2.45) is 0 Å². The van der Waals surface area contributed by atoms with Gasteiger partial charge in [0.1, 0.15) is 0 Å². The third-order valence-electron chi connectivity index (χ3n) is 2.64. The molecule has 1 aromatic rings. The van der Waals surface area contributed by atoms with E-state index in [4.69, 9.17) is 0 Å². The summed E-state index contributed by atoms with van der Waals surface area (Å²) in [6.07, 6.45) is 1.95. The Labute approximate surface area is 134 Å². The van der Waals surface area contributed by atoms with Gasteiger partial charge < -0.3 is 5.32 Å². The molecule has 4 nitrogen and oxygen atoms in total. The first-order valence-corrected chi connectivity index (χ1v) is 10.1. The maximum atomic E-state index is 12.3. The van der Waals surface area contributed by atoms with E-state index in [2.05, 4.69) is 26.0 Å². The number of thioether (sulfide) groups is 1. The van der Waals surface area contributed by atoms with E-state index in [-0.39, 0.29) is 10.9 Å². The highest BCUT2D eigenvalue weighted by molar-refractivity contribution is 9.10. The largest absolute Gasteiger partial charge is 0.313 e. The fraction of sp³-hybridized carbons (Fsp3) is 0.538. The molecule has 7 heteroatoms. The minimum absolute atomic E-state index is 0.0941. The highest BCUT2D eigenvalue weighted by atomic mass is 79.9. The summed E-state index contributed by atoms with van der Waals surface area (Å²) >= 11 is 4.97. The summed E-state index contributed by atoms with van der Waals surface area (Å²) in [4.78, 5) is 0.283. The number of hydrogen-bond donors (Lipinski definition) is 2. The van der Waals surface area contributed by atoms with Crippen molar-refractivity contribution in [3.05, 3.63) is 28.2 Å². The summed E-state index contributed by atoms with van der Waals surface area (Å²) in [6, 6.07) is 5.23. The molecule has 0 spiro atoms. The van der Waals surface area contributed by atoms with Gasteiger partial charge in [0.25, 0.3) is 0 Å². The molecular formula is C13H21BrN2O2S2. The lowest BCUT2D eigenvalue weighted by Gasteiger charge is -2.14. The topological polar surface area (TPSA) is 58.2 Å². The van der Waals surface area contributed by atoms with Gasteiger partial charge in [-0.2, -0.15) is 11.8 Å². The first kappa shape index (κ1) is 18.0. The van der Waals surface area contributed by atoms with Gasteiger partial charge in [-0.1, -0.05) is 13.0 Å². The standard InChI is InChI=1S/C13H21BrN2O2S2/c1-4-15-8-11-5-6-13(12(14)7-11)20(17,18)16-10(2)9-19-3/h5-7,10,15-16H,4,8-9H2,1-3H3. The average Bonchev–Trinajstić information content (AvgIpc) is 2.35. The van der Waals surface area contributed by atoms with Gasteiger partial charge >= 0.3 is 0 Å². The van der Waals surface area contributed by atoms with E-state index in [0.29, 0.717) is 4.47 Å². The van der Waals surface area contributed by atoms with Gasteiger partial charge in [-0.15, -0.1) is 0 Å². The van der Waals surface area contributed by atoms with Crippen LogP contribution in [0, 0.1) is 0 Å². The molecule has 0 saturated heterocycles. The molecule has 0 aliphatic heterocycles. The zero-order valence-electron chi connectivity index (χ0n) is 11.9. The van der Waals surface area contributed by atoms with Crippen LogP contribution in [-0.4, -0.2) is 33.0 Å². The van der Waals surface area contributed by atoms with Gasteiger partial charge in [0.05, 0.1) is 4.90 Å². The van der Waals surface area contributed by atoms with Crippen molar-refractivity contribution in [2.45, 2.75) is 31.3 Å². The van der Waals surface area contributed by atoms with Crippen LogP contribution in [0.15, 0.2) is 27.6 Å². The van der Waals surface area contributed by atoms with Gasteiger partial charge in [-0.3, -0.25) is 0 Å². The van der Waals surface area contributed by atoms with Crippen LogP contribution in [0.25, 0.3) is 0 Å². The molecule has 0 radical (unpaired) electrons. The number of benzene rings is 1. The van der Waals surface area contributed by atoms with E-state index in [1.807, 2.05) is 32.2 Å². The van der Waals surface area contributed by atoms with Crippen molar-refractivity contribution in [3.8, 4) is 0 Å². The minimum atomic E-state index is -3.48. The molecule has 0 bridgehead atoms. The van der Waals surface area contributed by atoms with Crippen molar-refractivity contribution >= 4 is 37.7 Å². The maximum Gasteiger partial charge on any atom is 0.241 e. The summed E-state index contributed by atoms with van der Waals surface area (Å²) in [7, 11) is -3.48. The molecule has 2 N–H and O–H groups in total. The zero-order valence-corrected chi connectivity index (χ0v) is 15.2. The third-order valence-corrected chi connectivity index (χ3v) is 6.04. The fourth-order valence-electron chi connectivity index (χ4n) is 1.75. The molecule has 114 valence electrons. The molecule has 1 aromatic carbocycles. The number of sulfonamides is 1. The second-order valence-electron chi connectivity index (χ2n) is 4.52. The van der Waals surface area contributed by atoms with E-state index in [1.165, 1.54) is 0 Å². The van der Waals surface area contributed by atoms with Crippen molar-refractivity contribution < 1.29 is 8.42 Å². The molecule has 0 heterocycles. The molecule has 0 aromatic heterocycles. The van der Waals surface area contributed by atoms with Crippen molar-refractivity contribution in [3.63, 3.8) is 0 Å². The average molecular weight is 381 g/mol. The number of rotatable bonds is 8. The number of hydrogen-bond acceptors (Lipinski definition) is 4. The Morgan fingerprint density at radius 1 is 1.40 bits per heavy atom. The van der Waals surface area contributed by atoms with E-state index >= 15 is 0 Å². The Hall–Kier alpha value is -0.0800. The van der Waals surface area contributed by atoms with Crippen molar-refractivity contribution in [1.82, 2.24) is 10.0 Å². The second kappa shape index (κ2) is 8.38. The molecular weight excluding hydrogens is 360 g/mol. The van der Waals surface area contributed by atoms with Crippen LogP contribution in [0.1, 0.15) is 19.4 Å². The van der Waals surface area contributed by atoms with E-state index in [1.54, 1.807) is 17.8 Å². The smallest absolute Gasteiger partial charge is 0.241 e. The van der Waals surface area contributed by atoms with Gasteiger partial charge in [0.2, 0.25) is 10.0 Å². The quantitative estimate of drug-likeness (QED) is 0.727.